The van der Waals surface area contributed by atoms with Crippen LogP contribution >= 0.6 is 0 Å². The molecule has 48 heavy (non-hydrogen) atoms. The van der Waals surface area contributed by atoms with Crippen molar-refractivity contribution in [3.63, 3.8) is 0 Å². The summed E-state index contributed by atoms with van der Waals surface area (Å²) >= 11 is 0. The Balaban J connectivity index is 1.50. The largest absolute Gasteiger partial charge is 0.416 e. The van der Waals surface area contributed by atoms with Gasteiger partial charge in [0.15, 0.2) is 0 Å². The second-order valence-electron chi connectivity index (χ2n) is 11.4. The minimum absolute atomic E-state index is 0.133. The van der Waals surface area contributed by atoms with Crippen LogP contribution < -0.4 is 0 Å². The predicted molar refractivity (Wildman–Crippen MR) is 177 cm³/mol. The molecule has 0 aliphatic heterocycles. The normalized spacial score (nSPS) is 11.6. The molecule has 6 nitrogen and oxygen atoms in total. The number of hydrogen-bond donors (Lipinski definition) is 0. The van der Waals surface area contributed by atoms with Gasteiger partial charge in [-0.25, -0.2) is 4.98 Å². The van der Waals surface area contributed by atoms with Gasteiger partial charge in [-0.2, -0.15) is 29.0 Å². The maximum absolute atomic E-state index is 14.2. The van der Waals surface area contributed by atoms with Crippen molar-refractivity contribution in [2.75, 3.05) is 0 Å². The minimum Gasteiger partial charge on any atom is -0.307 e. The minimum atomic E-state index is -4.69. The van der Waals surface area contributed by atoms with Gasteiger partial charge in [-0.05, 0) is 78.4 Å². The number of nitrogens with zero attached hydrogens (tertiary/aromatic N) is 6. The second-order valence-corrected chi connectivity index (χ2v) is 11.4. The fraction of sp³-hybridized carbons (Fsp3) is 0.0256. The average molecular weight is 629 g/mol. The third-order valence-electron chi connectivity index (χ3n) is 8.64. The summed E-state index contributed by atoms with van der Waals surface area (Å²) in [5.74, 6) is 0.438. The Kier molecular flexibility index (Phi) is 6.31. The van der Waals surface area contributed by atoms with Gasteiger partial charge in [0.1, 0.15) is 5.82 Å². The zero-order chi connectivity index (χ0) is 33.2. The van der Waals surface area contributed by atoms with Crippen LogP contribution in [0.15, 0.2) is 115 Å². The Morgan fingerprint density at radius 2 is 1.08 bits per heavy atom. The SMILES string of the molecule is N#Cc1cc(-c2cc(-n3c4ccccc4c4cc(C#N)ccc43)ncc2-n2c3ccccc3c3cc(C#N)ccc32)cc(C(F)(F)F)c1. The van der Waals surface area contributed by atoms with Gasteiger partial charge in [0.05, 0.1) is 74.4 Å². The fourth-order valence-corrected chi connectivity index (χ4v) is 6.57. The van der Waals surface area contributed by atoms with E-state index in [4.69, 9.17) is 4.98 Å². The number of nitriles is 3. The van der Waals surface area contributed by atoms with E-state index in [2.05, 4.69) is 12.1 Å². The van der Waals surface area contributed by atoms with Crippen LogP contribution in [0.4, 0.5) is 13.2 Å². The molecule has 9 heteroatoms. The number of para-hydroxylation sites is 2. The van der Waals surface area contributed by atoms with Crippen molar-refractivity contribution in [3.05, 3.63) is 138 Å². The molecule has 0 saturated carbocycles. The maximum atomic E-state index is 14.2. The summed E-state index contributed by atoms with van der Waals surface area (Å²) in [5, 5.41) is 32.4. The molecule has 0 bridgehead atoms. The fourth-order valence-electron chi connectivity index (χ4n) is 6.57. The molecule has 5 aromatic carbocycles. The summed E-state index contributed by atoms with van der Waals surface area (Å²) < 4.78 is 46.4. The van der Waals surface area contributed by atoms with Gasteiger partial charge in [0.2, 0.25) is 0 Å². The zero-order valence-electron chi connectivity index (χ0n) is 24.8. The van der Waals surface area contributed by atoms with Crippen molar-refractivity contribution in [2.45, 2.75) is 6.18 Å². The van der Waals surface area contributed by atoms with Crippen LogP contribution in [-0.4, -0.2) is 14.1 Å². The summed E-state index contributed by atoms with van der Waals surface area (Å²) in [5.41, 5.74) is 4.06. The average Bonchev–Trinajstić information content (AvgIpc) is 3.62. The Hall–Kier alpha value is -6.89. The van der Waals surface area contributed by atoms with Gasteiger partial charge in [0.25, 0.3) is 0 Å². The lowest BCUT2D eigenvalue weighted by molar-refractivity contribution is -0.137. The third kappa shape index (κ3) is 4.36. The van der Waals surface area contributed by atoms with Crippen LogP contribution in [0.3, 0.4) is 0 Å². The molecule has 0 radical (unpaired) electrons. The van der Waals surface area contributed by atoms with Gasteiger partial charge < -0.3 is 4.57 Å². The number of benzene rings is 5. The zero-order valence-corrected chi connectivity index (χ0v) is 24.8. The number of hydrogen-bond acceptors (Lipinski definition) is 4. The Morgan fingerprint density at radius 3 is 1.67 bits per heavy atom. The summed E-state index contributed by atoms with van der Waals surface area (Å²) in [4.78, 5) is 4.90. The third-order valence-corrected chi connectivity index (χ3v) is 8.64. The highest BCUT2D eigenvalue weighted by Crippen LogP contribution is 2.40. The van der Waals surface area contributed by atoms with Crippen LogP contribution in [0.2, 0.25) is 0 Å². The highest BCUT2D eigenvalue weighted by atomic mass is 19.4. The Bertz CT molecular complexity index is 2770. The molecule has 0 atom stereocenters. The van der Waals surface area contributed by atoms with Crippen LogP contribution in [0.1, 0.15) is 22.3 Å². The number of halogens is 3. The monoisotopic (exact) mass is 628 g/mol. The molecule has 0 unspecified atom stereocenters. The highest BCUT2D eigenvalue weighted by Gasteiger charge is 2.32. The van der Waals surface area contributed by atoms with Crippen molar-refractivity contribution in [1.82, 2.24) is 14.1 Å². The second kappa shape index (κ2) is 10.6. The van der Waals surface area contributed by atoms with Crippen LogP contribution in [0.5, 0.6) is 0 Å². The smallest absolute Gasteiger partial charge is 0.307 e. The predicted octanol–water partition coefficient (Wildman–Crippen LogP) is 9.58. The molecule has 0 aliphatic carbocycles. The number of pyridine rings is 1. The molecule has 3 heterocycles. The molecule has 0 saturated heterocycles. The topological polar surface area (TPSA) is 94.1 Å². The first-order valence-electron chi connectivity index (χ1n) is 14.8. The standard InChI is InChI=1S/C39H19F3N6/c40-39(41,42)27-14-25(21-45)13-26(17-27)30-18-38(48-34-8-4-2-6-29(34)32-16-24(20-44)10-12-36(32)48)46-22-37(30)47-33-7-3-1-5-28(33)31-15-23(19-43)9-11-35(31)47/h1-18,22H. The van der Waals surface area contributed by atoms with Crippen molar-refractivity contribution < 1.29 is 13.2 Å². The van der Waals surface area contributed by atoms with Crippen LogP contribution in [0, 0.1) is 34.0 Å². The number of fused-ring (bicyclic) bond motifs is 6. The van der Waals surface area contributed by atoms with Crippen LogP contribution in [0.25, 0.3) is 66.2 Å². The molecule has 0 aliphatic rings. The molecular formula is C39H19F3N6. The van der Waals surface area contributed by atoms with E-state index < -0.39 is 11.7 Å². The number of aromatic nitrogens is 3. The quantitative estimate of drug-likeness (QED) is 0.195. The van der Waals surface area contributed by atoms with Gasteiger partial charge in [0, 0.05) is 27.1 Å². The van der Waals surface area contributed by atoms with Crippen LogP contribution in [-0.2, 0) is 6.18 Å². The van der Waals surface area contributed by atoms with Gasteiger partial charge >= 0.3 is 6.18 Å². The molecule has 226 valence electrons. The van der Waals surface area contributed by atoms with E-state index in [-0.39, 0.29) is 11.1 Å². The summed E-state index contributed by atoms with van der Waals surface area (Å²) in [6.45, 7) is 0. The van der Waals surface area contributed by atoms with Crippen molar-refractivity contribution in [1.29, 1.82) is 15.8 Å². The molecule has 8 rings (SSSR count). The number of rotatable bonds is 3. The molecule has 0 spiro atoms. The summed E-state index contributed by atoms with van der Waals surface area (Å²) in [7, 11) is 0. The molecule has 0 fully saturated rings. The molecular weight excluding hydrogens is 609 g/mol. The van der Waals surface area contributed by atoms with E-state index >= 15 is 0 Å². The first-order valence-corrected chi connectivity index (χ1v) is 14.8. The molecule has 3 aromatic heterocycles. The summed E-state index contributed by atoms with van der Waals surface area (Å²) in [6, 6.07) is 37.3. The highest BCUT2D eigenvalue weighted by molar-refractivity contribution is 6.11. The molecule has 8 aromatic rings. The molecule has 0 amide bonds. The summed E-state index contributed by atoms with van der Waals surface area (Å²) in [6.07, 6.45) is -3.06. The van der Waals surface area contributed by atoms with Gasteiger partial charge in [-0.1, -0.05) is 36.4 Å². The lowest BCUT2D eigenvalue weighted by atomic mass is 9.99. The lowest BCUT2D eigenvalue weighted by Gasteiger charge is -2.18. The van der Waals surface area contributed by atoms with E-state index in [1.165, 1.54) is 6.07 Å². The van der Waals surface area contributed by atoms with E-state index in [0.717, 1.165) is 55.7 Å². The van der Waals surface area contributed by atoms with Gasteiger partial charge in [-0.3, -0.25) is 4.57 Å². The Morgan fingerprint density at radius 1 is 0.542 bits per heavy atom. The van der Waals surface area contributed by atoms with Crippen molar-refractivity contribution in [2.24, 2.45) is 0 Å². The van der Waals surface area contributed by atoms with Crippen molar-refractivity contribution >= 4 is 43.6 Å². The Labute approximate surface area is 271 Å². The number of alkyl halides is 3. The van der Waals surface area contributed by atoms with E-state index in [1.54, 1.807) is 30.5 Å². The van der Waals surface area contributed by atoms with Gasteiger partial charge in [-0.15, -0.1) is 0 Å². The maximum Gasteiger partial charge on any atom is 0.416 e. The van der Waals surface area contributed by atoms with E-state index in [9.17, 15) is 29.0 Å². The first kappa shape index (κ1) is 28.6. The van der Waals surface area contributed by atoms with E-state index in [0.29, 0.717) is 28.2 Å². The first-order chi connectivity index (χ1) is 23.3. The molecule has 0 N–H and O–H groups in total. The van der Waals surface area contributed by atoms with E-state index in [1.807, 2.05) is 81.9 Å². The lowest BCUT2D eigenvalue weighted by Crippen LogP contribution is -2.07. The van der Waals surface area contributed by atoms with Crippen molar-refractivity contribution in [3.8, 4) is 40.8 Å².